The smallest absolute Gasteiger partial charge is 0.255 e. The Labute approximate surface area is 141 Å². The Morgan fingerprint density at radius 2 is 1.83 bits per heavy atom. The SMILES string of the molecule is Cc1nn(-c2ccc(F)cc2)c(C)c1C(=O)NC1CCC(N)CC1. The first-order valence-corrected chi connectivity index (χ1v) is 8.34. The van der Waals surface area contributed by atoms with Crippen LogP contribution in [0.4, 0.5) is 4.39 Å². The zero-order chi connectivity index (χ0) is 17.3. The lowest BCUT2D eigenvalue weighted by Gasteiger charge is -2.26. The molecule has 0 unspecified atom stereocenters. The predicted molar refractivity (Wildman–Crippen MR) is 90.7 cm³/mol. The van der Waals surface area contributed by atoms with Crippen LogP contribution in [0.25, 0.3) is 5.69 Å². The Morgan fingerprint density at radius 3 is 2.46 bits per heavy atom. The molecule has 1 aromatic carbocycles. The van der Waals surface area contributed by atoms with E-state index in [-0.39, 0.29) is 23.8 Å². The molecule has 1 aromatic heterocycles. The van der Waals surface area contributed by atoms with E-state index in [0.29, 0.717) is 11.3 Å². The quantitative estimate of drug-likeness (QED) is 0.908. The van der Waals surface area contributed by atoms with Crippen LogP contribution in [0.2, 0.25) is 0 Å². The summed E-state index contributed by atoms with van der Waals surface area (Å²) in [6.07, 6.45) is 3.71. The molecule has 0 saturated heterocycles. The van der Waals surface area contributed by atoms with E-state index in [2.05, 4.69) is 10.4 Å². The molecule has 0 atom stereocenters. The minimum absolute atomic E-state index is 0.0983. The van der Waals surface area contributed by atoms with Gasteiger partial charge in [-0.3, -0.25) is 4.79 Å². The molecule has 1 saturated carbocycles. The third-order valence-corrected chi connectivity index (χ3v) is 4.70. The van der Waals surface area contributed by atoms with Crippen LogP contribution in [-0.2, 0) is 0 Å². The summed E-state index contributed by atoms with van der Waals surface area (Å²) >= 11 is 0. The Balaban J connectivity index is 1.81. The average Bonchev–Trinajstić information content (AvgIpc) is 2.85. The van der Waals surface area contributed by atoms with Crippen LogP contribution >= 0.6 is 0 Å². The van der Waals surface area contributed by atoms with Crippen molar-refractivity contribution in [1.82, 2.24) is 15.1 Å². The van der Waals surface area contributed by atoms with E-state index in [1.165, 1.54) is 12.1 Å². The Kier molecular flexibility index (Phi) is 4.66. The second kappa shape index (κ2) is 6.73. The number of benzene rings is 1. The molecule has 2 aromatic rings. The first kappa shape index (κ1) is 16.6. The van der Waals surface area contributed by atoms with Crippen molar-refractivity contribution < 1.29 is 9.18 Å². The second-order valence-electron chi connectivity index (χ2n) is 6.52. The normalized spacial score (nSPS) is 20.8. The maximum absolute atomic E-state index is 13.1. The molecule has 5 nitrogen and oxygen atoms in total. The van der Waals surface area contributed by atoms with Crippen molar-refractivity contribution >= 4 is 5.91 Å². The topological polar surface area (TPSA) is 72.9 Å². The molecule has 0 radical (unpaired) electrons. The Morgan fingerprint density at radius 1 is 1.21 bits per heavy atom. The Bertz CT molecular complexity index is 730. The van der Waals surface area contributed by atoms with E-state index in [9.17, 15) is 9.18 Å². The lowest BCUT2D eigenvalue weighted by molar-refractivity contribution is 0.0924. The number of carbonyl (C=O) groups is 1. The van der Waals surface area contributed by atoms with Gasteiger partial charge in [-0.2, -0.15) is 5.10 Å². The van der Waals surface area contributed by atoms with Crippen molar-refractivity contribution in [2.45, 2.75) is 51.6 Å². The van der Waals surface area contributed by atoms with Gasteiger partial charge in [0, 0.05) is 12.1 Å². The van der Waals surface area contributed by atoms with Gasteiger partial charge in [0.05, 0.1) is 22.6 Å². The van der Waals surface area contributed by atoms with E-state index < -0.39 is 0 Å². The monoisotopic (exact) mass is 330 g/mol. The predicted octanol–water partition coefficient (Wildman–Crippen LogP) is 2.63. The van der Waals surface area contributed by atoms with Crippen molar-refractivity contribution in [3.63, 3.8) is 0 Å². The number of aryl methyl sites for hydroxylation is 1. The van der Waals surface area contributed by atoms with Crippen molar-refractivity contribution in [2.75, 3.05) is 0 Å². The van der Waals surface area contributed by atoms with Crippen molar-refractivity contribution in [3.8, 4) is 5.69 Å². The molecule has 1 heterocycles. The summed E-state index contributed by atoms with van der Waals surface area (Å²) in [6.45, 7) is 3.67. The van der Waals surface area contributed by atoms with E-state index in [1.54, 1.807) is 16.8 Å². The summed E-state index contributed by atoms with van der Waals surface area (Å²) in [5.74, 6) is -0.396. The minimum Gasteiger partial charge on any atom is -0.349 e. The largest absolute Gasteiger partial charge is 0.349 e. The average molecular weight is 330 g/mol. The van der Waals surface area contributed by atoms with Crippen LogP contribution in [0.15, 0.2) is 24.3 Å². The lowest BCUT2D eigenvalue weighted by atomic mass is 9.91. The number of amides is 1. The van der Waals surface area contributed by atoms with E-state index in [1.807, 2.05) is 13.8 Å². The number of nitrogens with one attached hydrogen (secondary N) is 1. The van der Waals surface area contributed by atoms with Crippen LogP contribution in [0.1, 0.15) is 47.4 Å². The van der Waals surface area contributed by atoms with Crippen LogP contribution in [-0.4, -0.2) is 27.8 Å². The van der Waals surface area contributed by atoms with Crippen LogP contribution in [0, 0.1) is 19.7 Å². The number of halogens is 1. The van der Waals surface area contributed by atoms with Gasteiger partial charge in [-0.25, -0.2) is 9.07 Å². The number of nitrogens with zero attached hydrogens (tertiary/aromatic N) is 2. The second-order valence-corrected chi connectivity index (χ2v) is 6.52. The fraction of sp³-hybridized carbons (Fsp3) is 0.444. The zero-order valence-corrected chi connectivity index (χ0v) is 14.1. The van der Waals surface area contributed by atoms with Crippen molar-refractivity contribution in [2.24, 2.45) is 5.73 Å². The molecule has 1 amide bonds. The summed E-state index contributed by atoms with van der Waals surface area (Å²) in [5, 5.41) is 7.55. The summed E-state index contributed by atoms with van der Waals surface area (Å²) < 4.78 is 14.8. The van der Waals surface area contributed by atoms with Crippen LogP contribution in [0.3, 0.4) is 0 Å². The highest BCUT2D eigenvalue weighted by Crippen LogP contribution is 2.21. The summed E-state index contributed by atoms with van der Waals surface area (Å²) in [7, 11) is 0. The van der Waals surface area contributed by atoms with Gasteiger partial charge >= 0.3 is 0 Å². The van der Waals surface area contributed by atoms with Gasteiger partial charge in [0.1, 0.15) is 5.82 Å². The number of aromatic nitrogens is 2. The lowest BCUT2D eigenvalue weighted by Crippen LogP contribution is -2.40. The van der Waals surface area contributed by atoms with E-state index >= 15 is 0 Å². The first-order chi connectivity index (χ1) is 11.5. The van der Waals surface area contributed by atoms with Crippen molar-refractivity contribution in [1.29, 1.82) is 0 Å². The molecule has 1 fully saturated rings. The van der Waals surface area contributed by atoms with Gasteiger partial charge in [0.15, 0.2) is 0 Å². The molecule has 0 spiro atoms. The summed E-state index contributed by atoms with van der Waals surface area (Å²) in [4.78, 5) is 12.7. The number of nitrogens with two attached hydrogens (primary N) is 1. The van der Waals surface area contributed by atoms with E-state index in [4.69, 9.17) is 5.73 Å². The van der Waals surface area contributed by atoms with Gasteiger partial charge in [-0.1, -0.05) is 0 Å². The third-order valence-electron chi connectivity index (χ3n) is 4.70. The molecular formula is C18H23FN4O. The van der Waals surface area contributed by atoms with Gasteiger partial charge in [-0.15, -0.1) is 0 Å². The molecule has 1 aliphatic rings. The molecule has 0 bridgehead atoms. The first-order valence-electron chi connectivity index (χ1n) is 8.34. The summed E-state index contributed by atoms with van der Waals surface area (Å²) in [5.41, 5.74) is 8.66. The van der Waals surface area contributed by atoms with Crippen molar-refractivity contribution in [3.05, 3.63) is 47.0 Å². The highest BCUT2D eigenvalue weighted by Gasteiger charge is 2.24. The standard InChI is InChI=1S/C18H23FN4O/c1-11-17(18(24)21-15-7-5-14(20)6-8-15)12(2)23(22-11)16-9-3-13(19)4-10-16/h3-4,9-10,14-15H,5-8,20H2,1-2H3,(H,21,24). The van der Waals surface area contributed by atoms with Gasteiger partial charge in [0.25, 0.3) is 5.91 Å². The number of hydrogen-bond donors (Lipinski definition) is 2. The molecule has 24 heavy (non-hydrogen) atoms. The Hall–Kier alpha value is -2.21. The van der Waals surface area contributed by atoms with Gasteiger partial charge in [0.2, 0.25) is 0 Å². The maximum Gasteiger partial charge on any atom is 0.255 e. The molecule has 3 N–H and O–H groups in total. The molecule has 3 rings (SSSR count). The van der Waals surface area contributed by atoms with Gasteiger partial charge in [-0.05, 0) is 63.8 Å². The third kappa shape index (κ3) is 3.33. The van der Waals surface area contributed by atoms with Gasteiger partial charge < -0.3 is 11.1 Å². The molecule has 6 heteroatoms. The van der Waals surface area contributed by atoms with Crippen LogP contribution in [0.5, 0.6) is 0 Å². The minimum atomic E-state index is -0.297. The molecule has 0 aliphatic heterocycles. The van der Waals surface area contributed by atoms with Crippen LogP contribution < -0.4 is 11.1 Å². The molecular weight excluding hydrogens is 307 g/mol. The number of carbonyl (C=O) groups excluding carboxylic acids is 1. The van der Waals surface area contributed by atoms with E-state index in [0.717, 1.165) is 37.1 Å². The summed E-state index contributed by atoms with van der Waals surface area (Å²) in [6, 6.07) is 6.50. The number of hydrogen-bond acceptors (Lipinski definition) is 3. The molecule has 128 valence electrons. The molecule has 1 aliphatic carbocycles. The number of rotatable bonds is 3. The zero-order valence-electron chi connectivity index (χ0n) is 14.1. The highest BCUT2D eigenvalue weighted by molar-refractivity contribution is 5.96. The maximum atomic E-state index is 13.1. The fourth-order valence-corrected chi connectivity index (χ4v) is 3.33. The highest BCUT2D eigenvalue weighted by atomic mass is 19.1. The fourth-order valence-electron chi connectivity index (χ4n) is 3.33.